The zero-order valence-electron chi connectivity index (χ0n) is 11.9. The summed E-state index contributed by atoms with van der Waals surface area (Å²) < 4.78 is 10.7. The third-order valence-corrected chi connectivity index (χ3v) is 3.29. The van der Waals surface area contributed by atoms with Gasteiger partial charge in [-0.05, 0) is 31.4 Å². The Kier molecular flexibility index (Phi) is 5.83. The highest BCUT2D eigenvalue weighted by atomic mass is 16.5. The Morgan fingerprint density at radius 3 is 3.10 bits per heavy atom. The van der Waals surface area contributed by atoms with Crippen molar-refractivity contribution in [3.8, 4) is 5.75 Å². The first-order chi connectivity index (χ1) is 9.78. The van der Waals surface area contributed by atoms with E-state index >= 15 is 0 Å². The first-order valence-electron chi connectivity index (χ1n) is 7.04. The van der Waals surface area contributed by atoms with Gasteiger partial charge in [-0.15, -0.1) is 0 Å². The number of ether oxygens (including phenoxy) is 2. The number of amides is 1. The molecule has 1 heterocycles. The zero-order chi connectivity index (χ0) is 14.2. The molecule has 1 atom stereocenters. The van der Waals surface area contributed by atoms with Gasteiger partial charge in [-0.1, -0.05) is 6.07 Å². The third kappa shape index (κ3) is 4.83. The number of nitrogens with one attached hydrogen (secondary N) is 2. The van der Waals surface area contributed by atoms with Crippen LogP contribution in [0.5, 0.6) is 5.75 Å². The SMILES string of the molecule is COc1cccc(NC(=O)CNCC2CCCCO2)c1. The van der Waals surface area contributed by atoms with E-state index in [1.807, 2.05) is 18.2 Å². The van der Waals surface area contributed by atoms with Gasteiger partial charge in [0.1, 0.15) is 5.75 Å². The second kappa shape index (κ2) is 7.87. The Hall–Kier alpha value is -1.59. The molecule has 1 fully saturated rings. The lowest BCUT2D eigenvalue weighted by molar-refractivity contribution is -0.115. The number of benzene rings is 1. The fourth-order valence-corrected chi connectivity index (χ4v) is 2.22. The summed E-state index contributed by atoms with van der Waals surface area (Å²) in [5.74, 6) is 0.667. The molecule has 20 heavy (non-hydrogen) atoms. The van der Waals surface area contributed by atoms with Gasteiger partial charge in [0.2, 0.25) is 5.91 Å². The fourth-order valence-electron chi connectivity index (χ4n) is 2.22. The Balaban J connectivity index is 1.69. The van der Waals surface area contributed by atoms with E-state index in [9.17, 15) is 4.79 Å². The van der Waals surface area contributed by atoms with E-state index in [4.69, 9.17) is 9.47 Å². The smallest absolute Gasteiger partial charge is 0.238 e. The maximum atomic E-state index is 11.8. The molecule has 2 rings (SSSR count). The van der Waals surface area contributed by atoms with E-state index < -0.39 is 0 Å². The van der Waals surface area contributed by atoms with Gasteiger partial charge >= 0.3 is 0 Å². The molecule has 1 aromatic carbocycles. The van der Waals surface area contributed by atoms with Crippen LogP contribution in [0.1, 0.15) is 19.3 Å². The first-order valence-corrected chi connectivity index (χ1v) is 7.04. The quantitative estimate of drug-likeness (QED) is 0.833. The number of hydrogen-bond donors (Lipinski definition) is 2. The van der Waals surface area contributed by atoms with Crippen molar-refractivity contribution in [1.82, 2.24) is 5.32 Å². The molecule has 5 heteroatoms. The highest BCUT2D eigenvalue weighted by Crippen LogP contribution is 2.16. The van der Waals surface area contributed by atoms with Gasteiger partial charge < -0.3 is 20.1 Å². The number of anilines is 1. The molecule has 1 aromatic rings. The Labute approximate surface area is 119 Å². The predicted octanol–water partition coefficient (Wildman–Crippen LogP) is 1.79. The molecule has 1 amide bonds. The van der Waals surface area contributed by atoms with Gasteiger partial charge in [0.25, 0.3) is 0 Å². The minimum Gasteiger partial charge on any atom is -0.497 e. The molecular formula is C15H22N2O3. The number of methoxy groups -OCH3 is 1. The molecule has 0 bridgehead atoms. The van der Waals surface area contributed by atoms with Crippen LogP contribution in [-0.4, -0.2) is 38.8 Å². The highest BCUT2D eigenvalue weighted by molar-refractivity contribution is 5.92. The van der Waals surface area contributed by atoms with Gasteiger partial charge in [0.05, 0.1) is 19.8 Å². The maximum Gasteiger partial charge on any atom is 0.238 e. The van der Waals surface area contributed by atoms with Crippen LogP contribution in [0, 0.1) is 0 Å². The lowest BCUT2D eigenvalue weighted by Crippen LogP contribution is -2.36. The minimum atomic E-state index is -0.0611. The largest absolute Gasteiger partial charge is 0.497 e. The summed E-state index contributed by atoms with van der Waals surface area (Å²) in [6.45, 7) is 1.85. The van der Waals surface area contributed by atoms with Crippen molar-refractivity contribution in [3.05, 3.63) is 24.3 Å². The second-order valence-corrected chi connectivity index (χ2v) is 4.90. The lowest BCUT2D eigenvalue weighted by atomic mass is 10.1. The number of hydrogen-bond acceptors (Lipinski definition) is 4. The maximum absolute atomic E-state index is 11.8. The van der Waals surface area contributed by atoms with Crippen LogP contribution in [0.15, 0.2) is 24.3 Å². The number of carbonyl (C=O) groups is 1. The Bertz CT molecular complexity index is 431. The molecule has 0 saturated carbocycles. The van der Waals surface area contributed by atoms with E-state index in [0.29, 0.717) is 0 Å². The molecule has 1 aliphatic heterocycles. The van der Waals surface area contributed by atoms with Gasteiger partial charge in [-0.3, -0.25) is 4.79 Å². The van der Waals surface area contributed by atoms with Crippen molar-refractivity contribution in [1.29, 1.82) is 0 Å². The molecule has 0 spiro atoms. The summed E-state index contributed by atoms with van der Waals surface area (Å²) in [7, 11) is 1.60. The molecule has 110 valence electrons. The summed E-state index contributed by atoms with van der Waals surface area (Å²) in [4.78, 5) is 11.8. The number of rotatable bonds is 6. The van der Waals surface area contributed by atoms with Crippen molar-refractivity contribution >= 4 is 11.6 Å². The van der Waals surface area contributed by atoms with Crippen molar-refractivity contribution in [2.45, 2.75) is 25.4 Å². The summed E-state index contributed by atoms with van der Waals surface area (Å²) in [6, 6.07) is 7.32. The Morgan fingerprint density at radius 1 is 1.45 bits per heavy atom. The fraction of sp³-hybridized carbons (Fsp3) is 0.533. The van der Waals surface area contributed by atoms with Crippen LogP contribution in [0.4, 0.5) is 5.69 Å². The van der Waals surface area contributed by atoms with Crippen LogP contribution >= 0.6 is 0 Å². The molecule has 1 aliphatic rings. The van der Waals surface area contributed by atoms with Gasteiger partial charge in [0, 0.05) is 24.9 Å². The molecule has 1 unspecified atom stereocenters. The summed E-state index contributed by atoms with van der Waals surface area (Å²) >= 11 is 0. The first kappa shape index (κ1) is 14.8. The standard InChI is InChI=1S/C15H22N2O3/c1-19-13-7-4-5-12(9-13)17-15(18)11-16-10-14-6-2-3-8-20-14/h4-5,7,9,14,16H,2-3,6,8,10-11H2,1H3,(H,17,18). The van der Waals surface area contributed by atoms with Crippen LogP contribution in [0.25, 0.3) is 0 Å². The van der Waals surface area contributed by atoms with Crippen LogP contribution in [0.2, 0.25) is 0 Å². The van der Waals surface area contributed by atoms with Crippen molar-refractivity contribution in [2.24, 2.45) is 0 Å². The third-order valence-electron chi connectivity index (χ3n) is 3.29. The summed E-state index contributed by atoms with van der Waals surface area (Å²) in [5.41, 5.74) is 0.741. The average Bonchev–Trinajstić information content (AvgIpc) is 2.48. The van der Waals surface area contributed by atoms with Crippen molar-refractivity contribution in [3.63, 3.8) is 0 Å². The molecular weight excluding hydrogens is 256 g/mol. The van der Waals surface area contributed by atoms with E-state index in [1.54, 1.807) is 13.2 Å². The Morgan fingerprint density at radius 2 is 2.35 bits per heavy atom. The molecule has 0 aliphatic carbocycles. The molecule has 2 N–H and O–H groups in total. The van der Waals surface area contributed by atoms with Crippen molar-refractivity contribution < 1.29 is 14.3 Å². The van der Waals surface area contributed by atoms with E-state index in [1.165, 1.54) is 6.42 Å². The topological polar surface area (TPSA) is 59.6 Å². The average molecular weight is 278 g/mol. The molecule has 5 nitrogen and oxygen atoms in total. The lowest BCUT2D eigenvalue weighted by Gasteiger charge is -2.22. The molecule has 0 aromatic heterocycles. The van der Waals surface area contributed by atoms with Crippen molar-refractivity contribution in [2.75, 3.05) is 32.1 Å². The molecule has 1 saturated heterocycles. The van der Waals surface area contributed by atoms with Gasteiger partial charge in [-0.2, -0.15) is 0 Å². The van der Waals surface area contributed by atoms with E-state index in [-0.39, 0.29) is 18.6 Å². The van der Waals surface area contributed by atoms with Crippen LogP contribution < -0.4 is 15.4 Å². The van der Waals surface area contributed by atoms with E-state index in [0.717, 1.165) is 37.4 Å². The highest BCUT2D eigenvalue weighted by Gasteiger charge is 2.13. The van der Waals surface area contributed by atoms with Crippen LogP contribution in [-0.2, 0) is 9.53 Å². The van der Waals surface area contributed by atoms with Crippen LogP contribution in [0.3, 0.4) is 0 Å². The zero-order valence-corrected chi connectivity index (χ0v) is 11.9. The normalized spacial score (nSPS) is 18.6. The van der Waals surface area contributed by atoms with Gasteiger partial charge in [-0.25, -0.2) is 0 Å². The minimum absolute atomic E-state index is 0.0611. The predicted molar refractivity (Wildman–Crippen MR) is 78.1 cm³/mol. The summed E-state index contributed by atoms with van der Waals surface area (Å²) in [5, 5.41) is 5.97. The number of carbonyl (C=O) groups excluding carboxylic acids is 1. The molecule has 0 radical (unpaired) electrons. The summed E-state index contributed by atoms with van der Waals surface area (Å²) in [6.07, 6.45) is 3.67. The monoisotopic (exact) mass is 278 g/mol. The van der Waals surface area contributed by atoms with Gasteiger partial charge in [0.15, 0.2) is 0 Å². The second-order valence-electron chi connectivity index (χ2n) is 4.90. The van der Waals surface area contributed by atoms with E-state index in [2.05, 4.69) is 10.6 Å².